The van der Waals surface area contributed by atoms with Crippen LogP contribution in [0.1, 0.15) is 0 Å². The van der Waals surface area contributed by atoms with Gasteiger partial charge in [0.1, 0.15) is 11.2 Å². The van der Waals surface area contributed by atoms with E-state index in [0.29, 0.717) is 17.5 Å². The van der Waals surface area contributed by atoms with Gasteiger partial charge in [-0.2, -0.15) is 0 Å². The molecule has 0 aliphatic heterocycles. The lowest BCUT2D eigenvalue weighted by Gasteiger charge is -2.14. The monoisotopic (exact) mass is 790 g/mol. The highest BCUT2D eigenvalue weighted by molar-refractivity contribution is 6.37. The van der Waals surface area contributed by atoms with Crippen molar-refractivity contribution in [3.05, 3.63) is 206 Å². The number of aromatic nitrogens is 4. The van der Waals surface area contributed by atoms with Gasteiger partial charge < -0.3 is 8.98 Å². The Balaban J connectivity index is 1.08. The van der Waals surface area contributed by atoms with Crippen LogP contribution in [0.3, 0.4) is 0 Å². The molecule has 0 atom stereocenters. The van der Waals surface area contributed by atoms with Gasteiger partial charge in [0.05, 0.1) is 11.0 Å². The van der Waals surface area contributed by atoms with Crippen molar-refractivity contribution in [3.8, 4) is 62.1 Å². The molecule has 288 valence electrons. The Bertz CT molecular complexity index is 3830. The largest absolute Gasteiger partial charge is 0.456 e. The molecule has 0 radical (unpaired) electrons. The highest BCUT2D eigenvalue weighted by Crippen LogP contribution is 2.49. The molecule has 3 heterocycles. The molecule has 0 saturated heterocycles. The molecule has 0 aliphatic carbocycles. The molecule has 13 rings (SSSR count). The lowest BCUT2D eigenvalue weighted by molar-refractivity contribution is 0.669. The van der Waals surface area contributed by atoms with Crippen LogP contribution in [0.5, 0.6) is 0 Å². The van der Waals surface area contributed by atoms with Gasteiger partial charge >= 0.3 is 0 Å². The molecule has 0 N–H and O–H groups in total. The van der Waals surface area contributed by atoms with Crippen LogP contribution in [0, 0.1) is 0 Å². The first-order valence-electron chi connectivity index (χ1n) is 20.9. The maximum absolute atomic E-state index is 6.76. The van der Waals surface area contributed by atoms with Gasteiger partial charge in [-0.3, -0.25) is 0 Å². The first kappa shape index (κ1) is 34.5. The number of nitrogens with zero attached hydrogens (tertiary/aromatic N) is 4. The number of fused-ring (bicyclic) bond motifs is 6. The van der Waals surface area contributed by atoms with Crippen LogP contribution in [0.25, 0.3) is 127 Å². The van der Waals surface area contributed by atoms with E-state index in [4.69, 9.17) is 19.4 Å². The average molecular weight is 791 g/mol. The molecule has 3 aromatic heterocycles. The Kier molecular flexibility index (Phi) is 7.54. The fourth-order valence-corrected chi connectivity index (χ4v) is 9.73. The number of para-hydroxylation sites is 1. The summed E-state index contributed by atoms with van der Waals surface area (Å²) in [5.74, 6) is 1.80. The summed E-state index contributed by atoms with van der Waals surface area (Å²) in [6.45, 7) is 0. The van der Waals surface area contributed by atoms with Crippen molar-refractivity contribution in [2.45, 2.75) is 0 Å². The Morgan fingerprint density at radius 2 is 0.774 bits per heavy atom. The third-order valence-electron chi connectivity index (χ3n) is 12.4. The summed E-state index contributed by atoms with van der Waals surface area (Å²) >= 11 is 0. The maximum Gasteiger partial charge on any atom is 0.164 e. The van der Waals surface area contributed by atoms with Crippen molar-refractivity contribution in [2.75, 3.05) is 0 Å². The average Bonchev–Trinajstić information content (AvgIpc) is 3.91. The highest BCUT2D eigenvalue weighted by Gasteiger charge is 2.25. The van der Waals surface area contributed by atoms with Crippen LogP contribution >= 0.6 is 0 Å². The normalized spacial score (nSPS) is 11.9. The second-order valence-corrected chi connectivity index (χ2v) is 15.9. The zero-order valence-electron chi connectivity index (χ0n) is 33.3. The summed E-state index contributed by atoms with van der Waals surface area (Å²) in [5.41, 5.74) is 12.3. The number of hydrogen-bond acceptors (Lipinski definition) is 4. The number of benzene rings is 10. The molecule has 5 nitrogen and oxygen atoms in total. The van der Waals surface area contributed by atoms with Crippen LogP contribution < -0.4 is 0 Å². The number of hydrogen-bond donors (Lipinski definition) is 0. The van der Waals surface area contributed by atoms with E-state index in [9.17, 15) is 0 Å². The number of furan rings is 1. The quantitative estimate of drug-likeness (QED) is 0.157. The minimum Gasteiger partial charge on any atom is -0.456 e. The Hall–Kier alpha value is -8.41. The van der Waals surface area contributed by atoms with E-state index in [1.807, 2.05) is 48.5 Å². The summed E-state index contributed by atoms with van der Waals surface area (Å²) in [5, 5.41) is 9.46. The zero-order valence-corrected chi connectivity index (χ0v) is 33.3. The predicted octanol–water partition coefficient (Wildman–Crippen LogP) is 14.9. The second-order valence-electron chi connectivity index (χ2n) is 15.9. The minimum atomic E-state index is 0.585. The van der Waals surface area contributed by atoms with Gasteiger partial charge in [0.15, 0.2) is 17.5 Å². The van der Waals surface area contributed by atoms with Gasteiger partial charge in [-0.25, -0.2) is 15.0 Å². The van der Waals surface area contributed by atoms with Gasteiger partial charge in [-0.05, 0) is 74.8 Å². The molecule has 0 saturated carbocycles. The molecule has 10 aromatic carbocycles. The summed E-state index contributed by atoms with van der Waals surface area (Å²) in [7, 11) is 0. The third-order valence-corrected chi connectivity index (χ3v) is 12.4. The Morgan fingerprint density at radius 3 is 1.50 bits per heavy atom. The van der Waals surface area contributed by atoms with E-state index in [0.717, 1.165) is 66.6 Å². The van der Waals surface area contributed by atoms with Crippen molar-refractivity contribution in [1.82, 2.24) is 19.5 Å². The van der Waals surface area contributed by atoms with Crippen LogP contribution in [0.15, 0.2) is 211 Å². The van der Waals surface area contributed by atoms with E-state index >= 15 is 0 Å². The SMILES string of the molecule is c1ccc(-c2ccc(-c3nc(-c4ccccc4)nc(-c4cccc5oc6cccc(-c7ccc8c9c7c7ccccc7c7cccc(c79)n8-c7ccccc7)c6c45)n3)cc2)cc1. The Labute approximate surface area is 356 Å². The lowest BCUT2D eigenvalue weighted by Crippen LogP contribution is -2.00. The molecule has 62 heavy (non-hydrogen) atoms. The lowest BCUT2D eigenvalue weighted by atomic mass is 9.88. The van der Waals surface area contributed by atoms with Gasteiger partial charge in [0, 0.05) is 49.3 Å². The summed E-state index contributed by atoms with van der Waals surface area (Å²) in [4.78, 5) is 15.5. The van der Waals surface area contributed by atoms with Crippen molar-refractivity contribution >= 4 is 65.3 Å². The molecule has 0 amide bonds. The van der Waals surface area contributed by atoms with Crippen molar-refractivity contribution < 1.29 is 4.42 Å². The molecule has 0 fully saturated rings. The zero-order chi connectivity index (χ0) is 40.7. The van der Waals surface area contributed by atoms with Gasteiger partial charge in [0.25, 0.3) is 0 Å². The van der Waals surface area contributed by atoms with Crippen LogP contribution in [0.2, 0.25) is 0 Å². The first-order valence-corrected chi connectivity index (χ1v) is 20.9. The van der Waals surface area contributed by atoms with Crippen molar-refractivity contribution in [3.63, 3.8) is 0 Å². The topological polar surface area (TPSA) is 56.7 Å². The maximum atomic E-state index is 6.76. The summed E-state index contributed by atoms with van der Waals surface area (Å²) in [6.07, 6.45) is 0. The molecule has 13 aromatic rings. The van der Waals surface area contributed by atoms with E-state index in [1.165, 1.54) is 43.4 Å². The summed E-state index contributed by atoms with van der Waals surface area (Å²) in [6, 6.07) is 72.5. The van der Waals surface area contributed by atoms with Gasteiger partial charge in [-0.1, -0.05) is 170 Å². The second kappa shape index (κ2) is 13.6. The van der Waals surface area contributed by atoms with Gasteiger partial charge in [-0.15, -0.1) is 0 Å². The van der Waals surface area contributed by atoms with Gasteiger partial charge in [0.2, 0.25) is 0 Å². The van der Waals surface area contributed by atoms with Crippen molar-refractivity contribution in [2.24, 2.45) is 0 Å². The van der Waals surface area contributed by atoms with E-state index in [-0.39, 0.29) is 0 Å². The fraction of sp³-hybridized carbons (Fsp3) is 0. The molecular weight excluding hydrogens is 757 g/mol. The standard InChI is InChI=1S/C57H34N4O/c1-4-15-35(16-5-1)36-29-31-38(32-30-36)56-58-55(37-17-6-2-7-18-37)59-57(60-56)45-25-14-28-49-53(45)52-43(24-13-27-48(52)62-49)44-33-34-47-54-50(44)41-22-11-10-21-40(41)42-23-12-26-46(51(42)54)61(47)39-19-8-3-9-20-39/h1-34H. The fourth-order valence-electron chi connectivity index (χ4n) is 9.73. The van der Waals surface area contributed by atoms with E-state index in [2.05, 4.69) is 162 Å². The highest BCUT2D eigenvalue weighted by atomic mass is 16.3. The van der Waals surface area contributed by atoms with Crippen LogP contribution in [0.4, 0.5) is 0 Å². The molecule has 5 heteroatoms. The van der Waals surface area contributed by atoms with Crippen molar-refractivity contribution in [1.29, 1.82) is 0 Å². The minimum absolute atomic E-state index is 0.585. The molecule has 0 unspecified atom stereocenters. The Morgan fingerprint density at radius 1 is 0.290 bits per heavy atom. The molecule has 0 spiro atoms. The van der Waals surface area contributed by atoms with Crippen LogP contribution in [-0.4, -0.2) is 19.5 Å². The number of rotatable bonds is 6. The molecule has 0 bridgehead atoms. The molecular formula is C57H34N4O. The van der Waals surface area contributed by atoms with E-state index < -0.39 is 0 Å². The third kappa shape index (κ3) is 5.18. The summed E-state index contributed by atoms with van der Waals surface area (Å²) < 4.78 is 9.17. The van der Waals surface area contributed by atoms with Crippen LogP contribution in [-0.2, 0) is 0 Å². The van der Waals surface area contributed by atoms with E-state index in [1.54, 1.807) is 0 Å². The molecule has 0 aliphatic rings. The first-order chi connectivity index (χ1) is 30.8. The smallest absolute Gasteiger partial charge is 0.164 e. The predicted molar refractivity (Wildman–Crippen MR) is 255 cm³/mol.